The van der Waals surface area contributed by atoms with Gasteiger partial charge in [-0.05, 0) is 18.9 Å². The second-order valence-corrected chi connectivity index (χ2v) is 5.94. The number of hydrogen-bond donors (Lipinski definition) is 2. The van der Waals surface area contributed by atoms with E-state index in [1.807, 2.05) is 10.7 Å². The van der Waals surface area contributed by atoms with E-state index >= 15 is 0 Å². The summed E-state index contributed by atoms with van der Waals surface area (Å²) >= 11 is 1.23. The van der Waals surface area contributed by atoms with Crippen LogP contribution in [0, 0.1) is 0 Å². The number of fused-ring (bicyclic) bond motifs is 1. The van der Waals surface area contributed by atoms with Crippen LogP contribution in [0.5, 0.6) is 0 Å². The third kappa shape index (κ3) is 2.58. The van der Waals surface area contributed by atoms with Gasteiger partial charge in [0.1, 0.15) is 5.71 Å². The molecule has 0 bridgehead atoms. The van der Waals surface area contributed by atoms with E-state index in [0.29, 0.717) is 5.69 Å². The zero-order valence-electron chi connectivity index (χ0n) is 11.0. The van der Waals surface area contributed by atoms with Crippen LogP contribution in [0.2, 0.25) is 0 Å². The Balaban J connectivity index is 1.94. The van der Waals surface area contributed by atoms with Crippen molar-refractivity contribution in [3.8, 4) is 0 Å². The van der Waals surface area contributed by atoms with Gasteiger partial charge in [-0.25, -0.2) is 9.59 Å². The van der Waals surface area contributed by atoms with Gasteiger partial charge >= 0.3 is 11.9 Å². The van der Waals surface area contributed by atoms with Crippen molar-refractivity contribution in [1.82, 2.24) is 9.78 Å². The molecule has 2 aliphatic rings. The van der Waals surface area contributed by atoms with E-state index in [9.17, 15) is 14.7 Å². The highest BCUT2D eigenvalue weighted by atomic mass is 32.2. The standard InChI is InChI=1S/C13H13N3O4S/c17-12(18)8-5-14-10(13(19)20)6-21-11(8)9-4-7-2-1-3-16(7)15-9/h4-5,11H,1-3,6H2,(H,17,18)(H,19,20). The van der Waals surface area contributed by atoms with Crippen molar-refractivity contribution in [2.24, 2.45) is 4.99 Å². The molecular formula is C13H13N3O4S. The fraction of sp³-hybridized carbons (Fsp3) is 0.385. The smallest absolute Gasteiger partial charge is 0.351 e. The van der Waals surface area contributed by atoms with Crippen LogP contribution in [-0.2, 0) is 22.6 Å². The maximum absolute atomic E-state index is 11.4. The molecule has 3 heterocycles. The summed E-state index contributed by atoms with van der Waals surface area (Å²) in [6.45, 7) is 0.843. The van der Waals surface area contributed by atoms with Crippen LogP contribution in [-0.4, -0.2) is 43.4 Å². The van der Waals surface area contributed by atoms with Gasteiger partial charge in [-0.3, -0.25) is 9.67 Å². The number of carboxylic acids is 2. The molecule has 0 radical (unpaired) electrons. The summed E-state index contributed by atoms with van der Waals surface area (Å²) in [5, 5.41) is 22.3. The fourth-order valence-electron chi connectivity index (χ4n) is 2.44. The number of rotatable bonds is 3. The number of carbonyl (C=O) groups is 2. The SMILES string of the molecule is O=C(O)C1=CN=C(C(=O)O)CSC1c1cc2n(n1)CCC2. The molecule has 0 aromatic carbocycles. The van der Waals surface area contributed by atoms with Crippen molar-refractivity contribution in [3.63, 3.8) is 0 Å². The van der Waals surface area contributed by atoms with Crippen molar-refractivity contribution < 1.29 is 19.8 Å². The summed E-state index contributed by atoms with van der Waals surface area (Å²) in [5.74, 6) is -2.08. The van der Waals surface area contributed by atoms with Crippen molar-refractivity contribution in [2.75, 3.05) is 5.75 Å². The Labute approximate surface area is 124 Å². The number of aromatic nitrogens is 2. The van der Waals surface area contributed by atoms with Gasteiger partial charge in [0.25, 0.3) is 0 Å². The third-order valence-corrected chi connectivity index (χ3v) is 4.75. The number of hydrogen-bond acceptors (Lipinski definition) is 5. The lowest BCUT2D eigenvalue weighted by molar-refractivity contribution is -0.133. The Bertz CT molecular complexity index is 655. The van der Waals surface area contributed by atoms with Gasteiger partial charge in [0, 0.05) is 24.2 Å². The van der Waals surface area contributed by atoms with Gasteiger partial charge in [-0.1, -0.05) is 0 Å². The van der Waals surface area contributed by atoms with E-state index in [0.717, 1.165) is 31.3 Å². The van der Waals surface area contributed by atoms with E-state index in [4.69, 9.17) is 5.11 Å². The van der Waals surface area contributed by atoms with Gasteiger partial charge in [0.15, 0.2) is 0 Å². The molecule has 110 valence electrons. The summed E-state index contributed by atoms with van der Waals surface area (Å²) in [6.07, 6.45) is 3.13. The molecule has 0 aliphatic carbocycles. The quantitative estimate of drug-likeness (QED) is 0.866. The highest BCUT2D eigenvalue weighted by Crippen LogP contribution is 2.37. The number of nitrogens with zero attached hydrogens (tertiary/aromatic N) is 3. The Hall–Kier alpha value is -2.09. The predicted octanol–water partition coefficient (Wildman–Crippen LogP) is 1.11. The van der Waals surface area contributed by atoms with E-state index in [1.54, 1.807) is 0 Å². The third-order valence-electron chi connectivity index (χ3n) is 3.48. The van der Waals surface area contributed by atoms with Crippen molar-refractivity contribution in [1.29, 1.82) is 0 Å². The summed E-state index contributed by atoms with van der Waals surface area (Å²) in [7, 11) is 0. The Kier molecular flexibility index (Phi) is 3.54. The van der Waals surface area contributed by atoms with Gasteiger partial charge in [-0.15, -0.1) is 11.8 Å². The molecule has 1 unspecified atom stereocenters. The lowest BCUT2D eigenvalue weighted by Crippen LogP contribution is -2.15. The van der Waals surface area contributed by atoms with Gasteiger partial charge in [-0.2, -0.15) is 5.10 Å². The molecule has 0 fully saturated rings. The number of aryl methyl sites for hydroxylation is 2. The normalized spacial score (nSPS) is 21.2. The molecule has 1 aromatic rings. The van der Waals surface area contributed by atoms with Crippen LogP contribution in [0.1, 0.15) is 23.1 Å². The highest BCUT2D eigenvalue weighted by molar-refractivity contribution is 8.00. The number of carboxylic acid groups (broad SMARTS) is 2. The van der Waals surface area contributed by atoms with Crippen molar-refractivity contribution >= 4 is 29.4 Å². The molecule has 21 heavy (non-hydrogen) atoms. The molecule has 2 N–H and O–H groups in total. The van der Waals surface area contributed by atoms with Crippen molar-refractivity contribution in [2.45, 2.75) is 24.6 Å². The highest BCUT2D eigenvalue weighted by Gasteiger charge is 2.30. The van der Waals surface area contributed by atoms with Gasteiger partial charge in [0.2, 0.25) is 0 Å². The topological polar surface area (TPSA) is 105 Å². The van der Waals surface area contributed by atoms with Crippen LogP contribution in [0.25, 0.3) is 0 Å². The lowest BCUT2D eigenvalue weighted by Gasteiger charge is -2.12. The second kappa shape index (κ2) is 5.36. The molecule has 1 aromatic heterocycles. The Morgan fingerprint density at radius 2 is 2.14 bits per heavy atom. The molecule has 0 spiro atoms. The Morgan fingerprint density at radius 3 is 2.81 bits per heavy atom. The first-order valence-corrected chi connectivity index (χ1v) is 7.52. The zero-order valence-corrected chi connectivity index (χ0v) is 11.8. The molecule has 0 amide bonds. The first kappa shape index (κ1) is 13.9. The van der Waals surface area contributed by atoms with Gasteiger partial charge in [0.05, 0.1) is 16.5 Å². The first-order chi connectivity index (χ1) is 10.1. The average Bonchev–Trinajstić information content (AvgIpc) is 2.92. The number of aliphatic imine (C=N–C) groups is 1. The van der Waals surface area contributed by atoms with Crippen LogP contribution >= 0.6 is 11.8 Å². The fourth-order valence-corrected chi connectivity index (χ4v) is 3.59. The molecule has 2 aliphatic heterocycles. The van der Waals surface area contributed by atoms with Crippen LogP contribution < -0.4 is 0 Å². The summed E-state index contributed by atoms with van der Waals surface area (Å²) in [6, 6.07) is 1.91. The Morgan fingerprint density at radius 1 is 1.33 bits per heavy atom. The molecular weight excluding hydrogens is 294 g/mol. The molecule has 0 saturated carbocycles. The number of aliphatic carboxylic acids is 2. The van der Waals surface area contributed by atoms with Crippen LogP contribution in [0.3, 0.4) is 0 Å². The molecule has 8 heteroatoms. The number of thioether (sulfide) groups is 1. The van der Waals surface area contributed by atoms with Gasteiger partial charge < -0.3 is 10.2 Å². The monoisotopic (exact) mass is 307 g/mol. The van der Waals surface area contributed by atoms with E-state index in [2.05, 4.69) is 10.1 Å². The minimum Gasteiger partial charge on any atom is -0.478 e. The maximum atomic E-state index is 11.4. The first-order valence-electron chi connectivity index (χ1n) is 6.48. The zero-order chi connectivity index (χ0) is 15.0. The summed E-state index contributed by atoms with van der Waals surface area (Å²) in [5.41, 5.74) is 1.77. The maximum Gasteiger partial charge on any atom is 0.351 e. The minimum absolute atomic E-state index is 0.0481. The molecule has 0 saturated heterocycles. The largest absolute Gasteiger partial charge is 0.478 e. The summed E-state index contributed by atoms with van der Waals surface area (Å²) < 4.78 is 1.89. The van der Waals surface area contributed by atoms with E-state index in [-0.39, 0.29) is 17.0 Å². The lowest BCUT2D eigenvalue weighted by atomic mass is 10.1. The van der Waals surface area contributed by atoms with Crippen molar-refractivity contribution in [3.05, 3.63) is 29.2 Å². The molecule has 7 nitrogen and oxygen atoms in total. The molecule has 3 rings (SSSR count). The minimum atomic E-state index is -1.13. The predicted molar refractivity (Wildman–Crippen MR) is 76.5 cm³/mol. The van der Waals surface area contributed by atoms with E-state index in [1.165, 1.54) is 11.8 Å². The van der Waals surface area contributed by atoms with Crippen LogP contribution in [0.15, 0.2) is 22.8 Å². The van der Waals surface area contributed by atoms with E-state index < -0.39 is 17.2 Å². The summed E-state index contributed by atoms with van der Waals surface area (Å²) in [4.78, 5) is 26.2. The average molecular weight is 307 g/mol. The second-order valence-electron chi connectivity index (χ2n) is 4.85. The van der Waals surface area contributed by atoms with Crippen LogP contribution in [0.4, 0.5) is 0 Å². The molecule has 1 atom stereocenters.